The zero-order valence-electron chi connectivity index (χ0n) is 15.7. The molecular weight excluding hydrogens is 388 g/mol. The summed E-state index contributed by atoms with van der Waals surface area (Å²) in [6, 6.07) is 16.8. The smallest absolute Gasteiger partial charge is 0.240 e. The van der Waals surface area contributed by atoms with Crippen molar-refractivity contribution in [3.05, 3.63) is 66.2 Å². The topological polar surface area (TPSA) is 92.2 Å². The Labute approximate surface area is 172 Å². The number of hydrogen-bond donors (Lipinski definition) is 2. The molecule has 2 aromatic rings. The van der Waals surface area contributed by atoms with Gasteiger partial charge in [-0.25, -0.2) is 0 Å². The maximum atomic E-state index is 12.2. The van der Waals surface area contributed by atoms with Crippen LogP contribution < -0.4 is 15.4 Å². The SMILES string of the molecule is COc1ccc(NC(=O)CC2SC(=NN=CC=Cc3ccccc3)NC2=O)cc1. The van der Waals surface area contributed by atoms with Gasteiger partial charge in [0, 0.05) is 18.3 Å². The molecule has 1 unspecified atom stereocenters. The van der Waals surface area contributed by atoms with Crippen LogP contribution in [0.1, 0.15) is 12.0 Å². The Morgan fingerprint density at radius 1 is 1.21 bits per heavy atom. The Morgan fingerprint density at radius 2 is 1.97 bits per heavy atom. The Bertz CT molecular complexity index is 940. The number of allylic oxidation sites excluding steroid dienone is 1. The molecule has 29 heavy (non-hydrogen) atoms. The Kier molecular flexibility index (Phi) is 7.18. The van der Waals surface area contributed by atoms with E-state index < -0.39 is 5.25 Å². The molecule has 2 amide bonds. The lowest BCUT2D eigenvalue weighted by Crippen LogP contribution is -2.28. The van der Waals surface area contributed by atoms with Crippen molar-refractivity contribution >= 4 is 46.7 Å². The summed E-state index contributed by atoms with van der Waals surface area (Å²) in [6.45, 7) is 0. The molecule has 1 aliphatic rings. The van der Waals surface area contributed by atoms with E-state index in [0.29, 0.717) is 16.6 Å². The molecule has 1 saturated heterocycles. The van der Waals surface area contributed by atoms with Crippen LogP contribution in [-0.2, 0) is 9.59 Å². The van der Waals surface area contributed by atoms with Crippen LogP contribution in [-0.4, -0.2) is 35.6 Å². The number of amides is 2. The first-order valence-electron chi connectivity index (χ1n) is 8.88. The molecule has 7 nitrogen and oxygen atoms in total. The zero-order valence-corrected chi connectivity index (χ0v) is 16.6. The van der Waals surface area contributed by atoms with Crippen LogP contribution in [0, 0.1) is 0 Å². The predicted molar refractivity (Wildman–Crippen MR) is 117 cm³/mol. The number of nitrogens with one attached hydrogen (secondary N) is 2. The number of anilines is 1. The fraction of sp³-hybridized carbons (Fsp3) is 0.143. The van der Waals surface area contributed by atoms with Gasteiger partial charge in [-0.3, -0.25) is 9.59 Å². The zero-order chi connectivity index (χ0) is 20.5. The van der Waals surface area contributed by atoms with Crippen LogP contribution in [0.2, 0.25) is 0 Å². The normalized spacial score (nSPS) is 17.8. The summed E-state index contributed by atoms with van der Waals surface area (Å²) in [6.07, 6.45) is 5.24. The van der Waals surface area contributed by atoms with E-state index >= 15 is 0 Å². The number of ether oxygens (including phenoxy) is 1. The fourth-order valence-electron chi connectivity index (χ4n) is 2.48. The van der Waals surface area contributed by atoms with Crippen molar-refractivity contribution in [2.75, 3.05) is 12.4 Å². The maximum Gasteiger partial charge on any atom is 0.240 e. The van der Waals surface area contributed by atoms with Gasteiger partial charge in [-0.2, -0.15) is 5.10 Å². The molecular formula is C21H20N4O3S. The van der Waals surface area contributed by atoms with Crippen molar-refractivity contribution in [2.24, 2.45) is 10.2 Å². The molecule has 0 bridgehead atoms. The first kappa shape index (κ1) is 20.3. The molecule has 0 aromatic heterocycles. The summed E-state index contributed by atoms with van der Waals surface area (Å²) in [4.78, 5) is 24.2. The van der Waals surface area contributed by atoms with E-state index in [2.05, 4.69) is 20.8 Å². The summed E-state index contributed by atoms with van der Waals surface area (Å²) in [5, 5.41) is 13.2. The van der Waals surface area contributed by atoms with Crippen molar-refractivity contribution in [3.8, 4) is 5.75 Å². The Balaban J connectivity index is 1.48. The summed E-state index contributed by atoms with van der Waals surface area (Å²) >= 11 is 1.19. The molecule has 148 valence electrons. The number of rotatable bonds is 7. The Hall–Kier alpha value is -3.39. The molecule has 3 rings (SSSR count). The number of thioether (sulfide) groups is 1. The molecule has 2 N–H and O–H groups in total. The van der Waals surface area contributed by atoms with E-state index in [4.69, 9.17) is 4.74 Å². The van der Waals surface area contributed by atoms with Crippen molar-refractivity contribution in [3.63, 3.8) is 0 Å². The van der Waals surface area contributed by atoms with E-state index in [1.165, 1.54) is 18.0 Å². The van der Waals surface area contributed by atoms with Crippen molar-refractivity contribution in [1.29, 1.82) is 0 Å². The quantitative estimate of drug-likeness (QED) is 0.543. The van der Waals surface area contributed by atoms with Crippen LogP contribution in [0.4, 0.5) is 5.69 Å². The van der Waals surface area contributed by atoms with Crippen LogP contribution in [0.3, 0.4) is 0 Å². The molecule has 0 saturated carbocycles. The molecule has 1 atom stereocenters. The van der Waals surface area contributed by atoms with Gasteiger partial charge in [0.2, 0.25) is 11.8 Å². The average Bonchev–Trinajstić information content (AvgIpc) is 3.08. The summed E-state index contributed by atoms with van der Waals surface area (Å²) in [5.41, 5.74) is 1.70. The molecule has 2 aromatic carbocycles. The van der Waals surface area contributed by atoms with Gasteiger partial charge in [0.15, 0.2) is 5.17 Å². The molecule has 0 spiro atoms. The molecule has 1 aliphatic heterocycles. The second kappa shape index (κ2) is 10.2. The second-order valence-electron chi connectivity index (χ2n) is 6.02. The average molecular weight is 408 g/mol. The standard InChI is InChI=1S/C21H20N4O3S/c1-28-17-11-9-16(10-12-17)23-19(26)14-18-20(27)24-21(29-18)25-22-13-5-8-15-6-3-2-4-7-15/h2-13,18H,14H2,1H3,(H,23,26)(H,24,25,27). The third kappa shape index (κ3) is 6.32. The van der Waals surface area contributed by atoms with E-state index in [1.54, 1.807) is 37.5 Å². The number of hydrogen-bond acceptors (Lipinski definition) is 6. The number of methoxy groups -OCH3 is 1. The molecule has 8 heteroatoms. The summed E-state index contributed by atoms with van der Waals surface area (Å²) < 4.78 is 5.08. The van der Waals surface area contributed by atoms with Crippen LogP contribution in [0.15, 0.2) is 70.9 Å². The largest absolute Gasteiger partial charge is 0.497 e. The van der Waals surface area contributed by atoms with Crippen LogP contribution >= 0.6 is 11.8 Å². The Morgan fingerprint density at radius 3 is 2.69 bits per heavy atom. The highest BCUT2D eigenvalue weighted by molar-refractivity contribution is 8.15. The van der Waals surface area contributed by atoms with Gasteiger partial charge in [0.1, 0.15) is 11.0 Å². The van der Waals surface area contributed by atoms with Crippen molar-refractivity contribution in [1.82, 2.24) is 5.32 Å². The van der Waals surface area contributed by atoms with E-state index in [0.717, 1.165) is 5.56 Å². The number of benzene rings is 2. The molecule has 0 radical (unpaired) electrons. The van der Waals surface area contributed by atoms with E-state index in [1.807, 2.05) is 36.4 Å². The first-order chi connectivity index (χ1) is 14.1. The minimum Gasteiger partial charge on any atom is -0.497 e. The fourth-order valence-corrected chi connectivity index (χ4v) is 3.41. The van der Waals surface area contributed by atoms with Crippen LogP contribution in [0.25, 0.3) is 6.08 Å². The maximum absolute atomic E-state index is 12.2. The molecule has 1 fully saturated rings. The number of nitrogens with zero attached hydrogens (tertiary/aromatic N) is 2. The third-order valence-electron chi connectivity index (χ3n) is 3.91. The summed E-state index contributed by atoms with van der Waals surface area (Å²) in [5.74, 6) is 0.195. The molecule has 1 heterocycles. The monoisotopic (exact) mass is 408 g/mol. The second-order valence-corrected chi connectivity index (χ2v) is 7.21. The highest BCUT2D eigenvalue weighted by Crippen LogP contribution is 2.23. The lowest BCUT2D eigenvalue weighted by molar-refractivity contribution is -0.122. The van der Waals surface area contributed by atoms with Gasteiger partial charge >= 0.3 is 0 Å². The number of amidine groups is 1. The number of carbonyl (C=O) groups excluding carboxylic acids is 2. The van der Waals surface area contributed by atoms with Crippen LogP contribution in [0.5, 0.6) is 5.75 Å². The minimum atomic E-state index is -0.540. The predicted octanol–water partition coefficient (Wildman–Crippen LogP) is 3.31. The van der Waals surface area contributed by atoms with Crippen molar-refractivity contribution in [2.45, 2.75) is 11.7 Å². The third-order valence-corrected chi connectivity index (χ3v) is 4.98. The highest BCUT2D eigenvalue weighted by atomic mass is 32.2. The first-order valence-corrected chi connectivity index (χ1v) is 9.76. The van der Waals surface area contributed by atoms with Gasteiger partial charge in [0.25, 0.3) is 0 Å². The van der Waals surface area contributed by atoms with Gasteiger partial charge in [-0.1, -0.05) is 48.2 Å². The van der Waals surface area contributed by atoms with Gasteiger partial charge in [0.05, 0.1) is 7.11 Å². The van der Waals surface area contributed by atoms with Crippen molar-refractivity contribution < 1.29 is 14.3 Å². The number of carbonyl (C=O) groups is 2. The van der Waals surface area contributed by atoms with Gasteiger partial charge < -0.3 is 15.4 Å². The van der Waals surface area contributed by atoms with E-state index in [-0.39, 0.29) is 18.2 Å². The van der Waals surface area contributed by atoms with Gasteiger partial charge in [-0.15, -0.1) is 5.10 Å². The highest BCUT2D eigenvalue weighted by Gasteiger charge is 2.32. The molecule has 0 aliphatic carbocycles. The van der Waals surface area contributed by atoms with Gasteiger partial charge in [-0.05, 0) is 35.9 Å². The summed E-state index contributed by atoms with van der Waals surface area (Å²) in [7, 11) is 1.58. The lowest BCUT2D eigenvalue weighted by Gasteiger charge is -2.08. The van der Waals surface area contributed by atoms with E-state index in [9.17, 15) is 9.59 Å². The minimum absolute atomic E-state index is 0.0408. The lowest BCUT2D eigenvalue weighted by atomic mass is 10.2.